The molecule has 0 saturated carbocycles. The molecule has 0 aliphatic carbocycles. The minimum atomic E-state index is -3.23. The van der Waals surface area contributed by atoms with E-state index in [1.807, 2.05) is 6.92 Å². The molecule has 0 aromatic carbocycles. The van der Waals surface area contributed by atoms with E-state index in [1.165, 1.54) is 4.31 Å². The molecule has 0 aromatic rings. The predicted octanol–water partition coefficient (Wildman–Crippen LogP) is 0.913. The second-order valence-corrected chi connectivity index (χ2v) is 6.29. The largest absolute Gasteiger partial charge is 0.481 e. The lowest BCUT2D eigenvalue weighted by Crippen LogP contribution is -2.32. The third kappa shape index (κ3) is 3.45. The quantitative estimate of drug-likeness (QED) is 0.710. The van der Waals surface area contributed by atoms with Crippen LogP contribution in [0.15, 0.2) is 0 Å². The molecule has 0 radical (unpaired) electrons. The molecule has 1 fully saturated rings. The zero-order valence-electron chi connectivity index (χ0n) is 9.55. The van der Waals surface area contributed by atoms with Gasteiger partial charge in [-0.25, -0.2) is 12.7 Å². The number of hydrogen-bond donors (Lipinski definition) is 1. The molecule has 1 aliphatic rings. The molecule has 1 saturated heterocycles. The normalized spacial score (nSPS) is 22.4. The maximum absolute atomic E-state index is 11.8. The van der Waals surface area contributed by atoms with E-state index in [0.717, 1.165) is 12.8 Å². The van der Waals surface area contributed by atoms with E-state index in [9.17, 15) is 13.2 Å². The summed E-state index contributed by atoms with van der Waals surface area (Å²) in [5, 5.41) is 8.79. The molecule has 1 unspecified atom stereocenters. The molecule has 1 N–H and O–H groups in total. The first-order chi connectivity index (χ1) is 7.47. The van der Waals surface area contributed by atoms with Crippen LogP contribution < -0.4 is 0 Å². The highest BCUT2D eigenvalue weighted by Crippen LogP contribution is 2.20. The highest BCUT2D eigenvalue weighted by molar-refractivity contribution is 7.89. The molecule has 0 amide bonds. The topological polar surface area (TPSA) is 74.7 Å². The van der Waals surface area contributed by atoms with Crippen molar-refractivity contribution in [1.29, 1.82) is 0 Å². The number of nitrogens with zero attached hydrogens (tertiary/aromatic N) is 1. The number of carboxylic acids is 1. The molecule has 1 aliphatic heterocycles. The van der Waals surface area contributed by atoms with Crippen molar-refractivity contribution in [3.05, 3.63) is 0 Å². The maximum Gasteiger partial charge on any atom is 0.307 e. The van der Waals surface area contributed by atoms with Crippen molar-refractivity contribution in [3.8, 4) is 0 Å². The van der Waals surface area contributed by atoms with Gasteiger partial charge in [0, 0.05) is 13.1 Å². The van der Waals surface area contributed by atoms with Gasteiger partial charge in [0.25, 0.3) is 0 Å². The summed E-state index contributed by atoms with van der Waals surface area (Å²) in [7, 11) is -3.23. The molecular weight excluding hydrogens is 230 g/mol. The Labute approximate surface area is 96.5 Å². The SMILES string of the molecule is CCCCCS(=O)(=O)N1CCC(C(=O)O)C1. The van der Waals surface area contributed by atoms with Crippen molar-refractivity contribution in [2.75, 3.05) is 18.8 Å². The average Bonchev–Trinajstić information content (AvgIpc) is 2.67. The van der Waals surface area contributed by atoms with Crippen LogP contribution in [0.2, 0.25) is 0 Å². The fourth-order valence-corrected chi connectivity index (χ4v) is 3.46. The van der Waals surface area contributed by atoms with Gasteiger partial charge in [0.1, 0.15) is 0 Å². The van der Waals surface area contributed by atoms with Crippen LogP contribution in [0.3, 0.4) is 0 Å². The summed E-state index contributed by atoms with van der Waals surface area (Å²) >= 11 is 0. The van der Waals surface area contributed by atoms with Crippen LogP contribution in [0.1, 0.15) is 32.6 Å². The fourth-order valence-electron chi connectivity index (χ4n) is 1.85. The second kappa shape index (κ2) is 5.63. The molecule has 5 nitrogen and oxygen atoms in total. The number of carbonyl (C=O) groups is 1. The van der Waals surface area contributed by atoms with E-state index in [0.29, 0.717) is 19.4 Å². The minimum Gasteiger partial charge on any atom is -0.481 e. The number of unbranched alkanes of at least 4 members (excludes halogenated alkanes) is 2. The van der Waals surface area contributed by atoms with Gasteiger partial charge in [0.05, 0.1) is 11.7 Å². The Morgan fingerprint density at radius 1 is 1.44 bits per heavy atom. The fraction of sp³-hybridized carbons (Fsp3) is 0.900. The summed E-state index contributed by atoms with van der Waals surface area (Å²) in [6, 6.07) is 0. The van der Waals surface area contributed by atoms with Gasteiger partial charge < -0.3 is 5.11 Å². The molecule has 0 spiro atoms. The van der Waals surface area contributed by atoms with Crippen molar-refractivity contribution in [2.24, 2.45) is 5.92 Å². The van der Waals surface area contributed by atoms with Crippen LogP contribution in [0.5, 0.6) is 0 Å². The van der Waals surface area contributed by atoms with Gasteiger partial charge in [-0.2, -0.15) is 0 Å². The molecular formula is C10H19NO4S. The summed E-state index contributed by atoms with van der Waals surface area (Å²) in [6.45, 7) is 2.51. The van der Waals surface area contributed by atoms with Crippen molar-refractivity contribution in [2.45, 2.75) is 32.6 Å². The number of rotatable bonds is 6. The lowest BCUT2D eigenvalue weighted by Gasteiger charge is -2.15. The molecule has 1 heterocycles. The summed E-state index contributed by atoms with van der Waals surface area (Å²) < 4.78 is 24.9. The Morgan fingerprint density at radius 3 is 2.62 bits per heavy atom. The zero-order chi connectivity index (χ0) is 12.2. The summed E-state index contributed by atoms with van der Waals surface area (Å²) in [4.78, 5) is 10.7. The van der Waals surface area contributed by atoms with Crippen LogP contribution in [0.4, 0.5) is 0 Å². The van der Waals surface area contributed by atoms with E-state index in [4.69, 9.17) is 5.11 Å². The smallest absolute Gasteiger partial charge is 0.307 e. The van der Waals surface area contributed by atoms with Crippen LogP contribution >= 0.6 is 0 Å². The van der Waals surface area contributed by atoms with Gasteiger partial charge in [-0.05, 0) is 12.8 Å². The van der Waals surface area contributed by atoms with Crippen LogP contribution in [0, 0.1) is 5.92 Å². The van der Waals surface area contributed by atoms with E-state index in [2.05, 4.69) is 0 Å². The van der Waals surface area contributed by atoms with Crippen molar-refractivity contribution in [1.82, 2.24) is 4.31 Å². The predicted molar refractivity (Wildman–Crippen MR) is 60.6 cm³/mol. The van der Waals surface area contributed by atoms with E-state index in [1.54, 1.807) is 0 Å². The first-order valence-corrected chi connectivity index (χ1v) is 7.29. The first kappa shape index (κ1) is 13.4. The van der Waals surface area contributed by atoms with Crippen molar-refractivity contribution >= 4 is 16.0 Å². The monoisotopic (exact) mass is 249 g/mol. The number of sulfonamides is 1. The summed E-state index contributed by atoms with van der Waals surface area (Å²) in [6.07, 6.45) is 2.97. The maximum atomic E-state index is 11.8. The van der Waals surface area contributed by atoms with Crippen LogP contribution in [-0.2, 0) is 14.8 Å². The summed E-state index contributed by atoms with van der Waals surface area (Å²) in [5.74, 6) is -1.28. The molecule has 0 bridgehead atoms. The van der Waals surface area contributed by atoms with Crippen LogP contribution in [0.25, 0.3) is 0 Å². The summed E-state index contributed by atoms with van der Waals surface area (Å²) in [5.41, 5.74) is 0. The van der Waals surface area contributed by atoms with Crippen LogP contribution in [-0.4, -0.2) is 42.6 Å². The molecule has 0 aromatic heterocycles. The zero-order valence-corrected chi connectivity index (χ0v) is 10.4. The van der Waals surface area contributed by atoms with Gasteiger partial charge in [-0.15, -0.1) is 0 Å². The van der Waals surface area contributed by atoms with Gasteiger partial charge >= 0.3 is 5.97 Å². The number of carboxylic acid groups (broad SMARTS) is 1. The van der Waals surface area contributed by atoms with E-state index >= 15 is 0 Å². The molecule has 16 heavy (non-hydrogen) atoms. The molecule has 1 atom stereocenters. The standard InChI is InChI=1S/C10H19NO4S/c1-2-3-4-7-16(14,15)11-6-5-9(8-11)10(12)13/h9H,2-8H2,1H3,(H,12,13). The number of hydrogen-bond acceptors (Lipinski definition) is 3. The van der Waals surface area contributed by atoms with E-state index in [-0.39, 0.29) is 12.3 Å². The third-order valence-electron chi connectivity index (χ3n) is 2.90. The van der Waals surface area contributed by atoms with Gasteiger partial charge in [0.2, 0.25) is 10.0 Å². The molecule has 94 valence electrons. The lowest BCUT2D eigenvalue weighted by molar-refractivity contribution is -0.141. The minimum absolute atomic E-state index is 0.143. The second-order valence-electron chi connectivity index (χ2n) is 4.20. The van der Waals surface area contributed by atoms with Gasteiger partial charge in [-0.1, -0.05) is 19.8 Å². The molecule has 1 rings (SSSR count). The number of aliphatic carboxylic acids is 1. The van der Waals surface area contributed by atoms with Gasteiger partial charge in [-0.3, -0.25) is 4.79 Å². The third-order valence-corrected chi connectivity index (χ3v) is 4.82. The highest BCUT2D eigenvalue weighted by Gasteiger charge is 2.34. The highest BCUT2D eigenvalue weighted by atomic mass is 32.2. The lowest BCUT2D eigenvalue weighted by atomic mass is 10.1. The van der Waals surface area contributed by atoms with Crippen molar-refractivity contribution in [3.63, 3.8) is 0 Å². The Hall–Kier alpha value is -0.620. The Bertz CT molecular complexity index is 339. The van der Waals surface area contributed by atoms with Gasteiger partial charge in [0.15, 0.2) is 0 Å². The average molecular weight is 249 g/mol. The Kier molecular flexibility index (Phi) is 4.73. The van der Waals surface area contributed by atoms with Crippen molar-refractivity contribution < 1.29 is 18.3 Å². The Balaban J connectivity index is 2.48. The Morgan fingerprint density at radius 2 is 2.12 bits per heavy atom. The van der Waals surface area contributed by atoms with E-state index < -0.39 is 21.9 Å². The first-order valence-electron chi connectivity index (χ1n) is 5.68. The molecule has 6 heteroatoms.